The summed E-state index contributed by atoms with van der Waals surface area (Å²) in [6.45, 7) is 1.83. The summed E-state index contributed by atoms with van der Waals surface area (Å²) >= 11 is 0. The van der Waals surface area contributed by atoms with Gasteiger partial charge >= 0.3 is 0 Å². The maximum Gasteiger partial charge on any atom is 0.197 e. The smallest absolute Gasteiger partial charge is 0.197 e. The van der Waals surface area contributed by atoms with Crippen molar-refractivity contribution >= 4 is 0 Å². The van der Waals surface area contributed by atoms with Crippen LogP contribution in [0.25, 0.3) is 0 Å². The van der Waals surface area contributed by atoms with Gasteiger partial charge in [-0.3, -0.25) is 0 Å². The van der Waals surface area contributed by atoms with Gasteiger partial charge in [0.05, 0.1) is 11.7 Å². The number of halogens is 4. The second-order valence-electron chi connectivity index (χ2n) is 5.54. The van der Waals surface area contributed by atoms with E-state index in [1.54, 1.807) is 0 Å². The van der Waals surface area contributed by atoms with Crippen LogP contribution in [0, 0.1) is 23.3 Å². The molecule has 4 aliphatic rings. The highest BCUT2D eigenvalue weighted by Crippen LogP contribution is 2.66. The van der Waals surface area contributed by atoms with Crippen molar-refractivity contribution in [3.63, 3.8) is 0 Å². The molecule has 1 saturated carbocycles. The van der Waals surface area contributed by atoms with Crippen LogP contribution in [0.3, 0.4) is 0 Å². The maximum atomic E-state index is 13.9. The van der Waals surface area contributed by atoms with Crippen molar-refractivity contribution < 1.29 is 22.3 Å². The van der Waals surface area contributed by atoms with Gasteiger partial charge in [0, 0.05) is 23.0 Å². The van der Waals surface area contributed by atoms with Gasteiger partial charge < -0.3 is 4.74 Å². The Bertz CT molecular complexity index is 585. The molecule has 1 saturated heterocycles. The zero-order valence-electron chi connectivity index (χ0n) is 9.57. The van der Waals surface area contributed by atoms with E-state index < -0.39 is 28.9 Å². The Balaban J connectivity index is 2.07. The average Bonchev–Trinajstić information content (AvgIpc) is 3.08. The Labute approximate surface area is 101 Å². The minimum atomic E-state index is -1.71. The van der Waals surface area contributed by atoms with Gasteiger partial charge in [0.25, 0.3) is 0 Å². The van der Waals surface area contributed by atoms with E-state index in [0.29, 0.717) is 12.8 Å². The van der Waals surface area contributed by atoms with E-state index in [1.807, 2.05) is 6.92 Å². The third-order valence-electron chi connectivity index (χ3n) is 4.77. The summed E-state index contributed by atoms with van der Waals surface area (Å²) in [5.74, 6) is -6.61. The zero-order chi connectivity index (χ0) is 12.8. The zero-order valence-corrected chi connectivity index (χ0v) is 9.57. The summed E-state index contributed by atoms with van der Waals surface area (Å²) in [5, 5.41) is 0. The molecule has 3 aliphatic carbocycles. The first-order valence-corrected chi connectivity index (χ1v) is 6.00. The van der Waals surface area contributed by atoms with Gasteiger partial charge in [-0.05, 0) is 19.8 Å². The Hall–Kier alpha value is -1.10. The van der Waals surface area contributed by atoms with Crippen LogP contribution in [0.15, 0.2) is 0 Å². The van der Waals surface area contributed by atoms with Crippen molar-refractivity contribution in [2.45, 2.75) is 43.3 Å². The first-order chi connectivity index (χ1) is 8.47. The van der Waals surface area contributed by atoms with E-state index in [9.17, 15) is 17.6 Å². The lowest BCUT2D eigenvalue weighted by molar-refractivity contribution is 0.264. The van der Waals surface area contributed by atoms with Gasteiger partial charge in [-0.2, -0.15) is 0 Å². The van der Waals surface area contributed by atoms with E-state index in [2.05, 4.69) is 0 Å². The van der Waals surface area contributed by atoms with Crippen LogP contribution < -0.4 is 0 Å². The molecule has 2 fully saturated rings. The van der Waals surface area contributed by atoms with E-state index >= 15 is 0 Å². The standard InChI is InChI=1S/C13H10F4O/c1-13-5-3-2-4(12(13)18-13)6-7(5)9(15)11(17)10(16)8(6)14/h4-5,12H,2-3H2,1H3. The quantitative estimate of drug-likeness (QED) is 0.301. The SMILES string of the molecule is CC12OC1C1CCC2c2c(F)c(F)c(F)c(F)c21. The summed E-state index contributed by atoms with van der Waals surface area (Å²) < 4.78 is 60.0. The molecule has 1 aromatic rings. The molecule has 1 nitrogen and oxygen atoms in total. The molecule has 18 heavy (non-hydrogen) atoms. The fourth-order valence-electron chi connectivity index (χ4n) is 3.88. The highest BCUT2D eigenvalue weighted by atomic mass is 19.2. The highest BCUT2D eigenvalue weighted by molar-refractivity contribution is 5.48. The first kappa shape index (κ1) is 10.8. The molecule has 96 valence electrons. The number of ether oxygens (including phenoxy) is 1. The van der Waals surface area contributed by atoms with Crippen LogP contribution >= 0.6 is 0 Å². The second-order valence-corrected chi connectivity index (χ2v) is 5.54. The van der Waals surface area contributed by atoms with Crippen LogP contribution in [-0.2, 0) is 4.74 Å². The van der Waals surface area contributed by atoms with Crippen molar-refractivity contribution in [1.82, 2.24) is 0 Å². The van der Waals surface area contributed by atoms with Gasteiger partial charge in [-0.1, -0.05) is 0 Å². The van der Waals surface area contributed by atoms with Crippen LogP contribution in [0.1, 0.15) is 42.7 Å². The molecule has 0 radical (unpaired) electrons. The number of hydrogen-bond donors (Lipinski definition) is 0. The lowest BCUT2D eigenvalue weighted by Crippen LogP contribution is -2.38. The highest BCUT2D eigenvalue weighted by Gasteiger charge is 2.68. The summed E-state index contributed by atoms with van der Waals surface area (Å²) in [7, 11) is 0. The first-order valence-electron chi connectivity index (χ1n) is 6.00. The molecule has 0 aromatic heterocycles. The minimum Gasteiger partial charge on any atom is -0.365 e. The number of epoxide rings is 1. The number of rotatable bonds is 0. The van der Waals surface area contributed by atoms with E-state index in [0.717, 1.165) is 0 Å². The second kappa shape index (κ2) is 2.90. The van der Waals surface area contributed by atoms with Crippen molar-refractivity contribution in [3.05, 3.63) is 34.4 Å². The molecular formula is C13H10F4O. The Morgan fingerprint density at radius 1 is 0.944 bits per heavy atom. The number of hydrogen-bond acceptors (Lipinski definition) is 1. The Morgan fingerprint density at radius 2 is 1.56 bits per heavy atom. The monoisotopic (exact) mass is 258 g/mol. The molecule has 5 heteroatoms. The van der Waals surface area contributed by atoms with Gasteiger partial charge in [-0.25, -0.2) is 17.6 Å². The van der Waals surface area contributed by atoms with Gasteiger partial charge in [0.15, 0.2) is 23.3 Å². The predicted octanol–water partition coefficient (Wildman–Crippen LogP) is 3.38. The van der Waals surface area contributed by atoms with Crippen LogP contribution in [0.2, 0.25) is 0 Å². The summed E-state index contributed by atoms with van der Waals surface area (Å²) in [6, 6.07) is 0. The van der Waals surface area contributed by atoms with E-state index in [1.165, 1.54) is 0 Å². The van der Waals surface area contributed by atoms with Crippen LogP contribution in [-0.4, -0.2) is 11.7 Å². The fourth-order valence-corrected chi connectivity index (χ4v) is 3.88. The predicted molar refractivity (Wildman–Crippen MR) is 54.3 cm³/mol. The molecule has 1 heterocycles. The minimum absolute atomic E-state index is 0.00102. The average molecular weight is 258 g/mol. The molecule has 2 bridgehead atoms. The van der Waals surface area contributed by atoms with Gasteiger partial charge in [-0.15, -0.1) is 0 Å². The van der Waals surface area contributed by atoms with Crippen molar-refractivity contribution in [2.75, 3.05) is 0 Å². The molecule has 0 spiro atoms. The lowest BCUT2D eigenvalue weighted by atomic mass is 9.62. The van der Waals surface area contributed by atoms with Crippen LogP contribution in [0.4, 0.5) is 17.6 Å². The van der Waals surface area contributed by atoms with Crippen molar-refractivity contribution in [2.24, 2.45) is 0 Å². The molecule has 4 atom stereocenters. The molecule has 1 aliphatic heterocycles. The third kappa shape index (κ3) is 0.955. The third-order valence-corrected chi connectivity index (χ3v) is 4.77. The molecule has 0 N–H and O–H groups in total. The van der Waals surface area contributed by atoms with Crippen molar-refractivity contribution in [1.29, 1.82) is 0 Å². The summed E-state index contributed by atoms with van der Waals surface area (Å²) in [6.07, 6.45) is 1.09. The normalized spacial score (nSPS) is 39.5. The van der Waals surface area contributed by atoms with E-state index in [-0.39, 0.29) is 29.1 Å². The van der Waals surface area contributed by atoms with Gasteiger partial charge in [0.1, 0.15) is 0 Å². The molecule has 1 aromatic carbocycles. The maximum absolute atomic E-state index is 13.9. The fraction of sp³-hybridized carbons (Fsp3) is 0.538. The number of fused-ring (bicyclic) bond motifs is 1. The Morgan fingerprint density at radius 3 is 2.22 bits per heavy atom. The summed E-state index contributed by atoms with van der Waals surface area (Å²) in [4.78, 5) is 0. The molecule has 0 amide bonds. The van der Waals surface area contributed by atoms with Crippen LogP contribution in [0.5, 0.6) is 0 Å². The number of benzene rings is 1. The molecule has 4 unspecified atom stereocenters. The Kier molecular flexibility index (Phi) is 1.74. The molecular weight excluding hydrogens is 248 g/mol. The van der Waals surface area contributed by atoms with E-state index in [4.69, 9.17) is 4.74 Å². The topological polar surface area (TPSA) is 12.5 Å². The molecule has 5 rings (SSSR count). The summed E-state index contributed by atoms with van der Waals surface area (Å²) in [5.41, 5.74) is -0.519. The van der Waals surface area contributed by atoms with Gasteiger partial charge in [0.2, 0.25) is 0 Å². The largest absolute Gasteiger partial charge is 0.365 e. The lowest BCUT2D eigenvalue weighted by Gasteiger charge is -2.39. The van der Waals surface area contributed by atoms with Crippen molar-refractivity contribution in [3.8, 4) is 0 Å².